The average molecular weight is 347 g/mol. The second-order valence-corrected chi connectivity index (χ2v) is 6.42. The summed E-state index contributed by atoms with van der Waals surface area (Å²) >= 11 is 1.21. The Bertz CT molecular complexity index is 921. The van der Waals surface area contributed by atoms with Crippen LogP contribution in [-0.2, 0) is 11.3 Å². The fourth-order valence-electron chi connectivity index (χ4n) is 2.58. The van der Waals surface area contributed by atoms with E-state index < -0.39 is 0 Å². The van der Waals surface area contributed by atoms with Crippen molar-refractivity contribution >= 4 is 33.0 Å². The number of aryl methyl sites for hydroxylation is 1. The second kappa shape index (κ2) is 6.67. The fourth-order valence-corrected chi connectivity index (χ4v) is 3.70. The molecule has 0 radical (unpaired) electrons. The van der Waals surface area contributed by atoms with Gasteiger partial charge in [-0.15, -0.1) is 11.3 Å². The van der Waals surface area contributed by atoms with Gasteiger partial charge in [-0.3, -0.25) is 4.79 Å². The number of ether oxygens (including phenoxy) is 1. The van der Waals surface area contributed by atoms with Crippen molar-refractivity contribution in [3.8, 4) is 0 Å². The Balaban J connectivity index is 2.03. The Kier molecular flexibility index (Phi) is 4.59. The highest BCUT2D eigenvalue weighted by Gasteiger charge is 2.21. The molecule has 3 nitrogen and oxygen atoms in total. The maximum absolute atomic E-state index is 14.2. The van der Waals surface area contributed by atoms with Crippen LogP contribution in [0.1, 0.15) is 20.8 Å². The number of benzene rings is 2. The molecule has 1 heterocycles. The number of carbonyl (C=O) groups excluding carboxylic acids is 1. The summed E-state index contributed by atoms with van der Waals surface area (Å²) in [5.41, 5.74) is 1.65. The summed E-state index contributed by atoms with van der Waals surface area (Å²) in [5, 5.41) is 3.17. The van der Waals surface area contributed by atoms with Crippen molar-refractivity contribution in [3.63, 3.8) is 0 Å². The molecule has 3 aromatic rings. The van der Waals surface area contributed by atoms with Gasteiger partial charge < -0.3 is 10.1 Å². The monoisotopic (exact) mass is 347 g/mol. The van der Waals surface area contributed by atoms with Gasteiger partial charge in [0.1, 0.15) is 11.6 Å². The van der Waals surface area contributed by atoms with Gasteiger partial charge in [0.05, 0.1) is 11.5 Å². The van der Waals surface area contributed by atoms with Crippen molar-refractivity contribution in [3.05, 3.63) is 64.0 Å². The van der Waals surface area contributed by atoms with Crippen LogP contribution in [0.25, 0.3) is 10.1 Å². The van der Waals surface area contributed by atoms with Crippen LogP contribution in [0, 0.1) is 18.6 Å². The Hall–Kier alpha value is -2.31. The van der Waals surface area contributed by atoms with E-state index in [-0.39, 0.29) is 24.1 Å². The first-order chi connectivity index (χ1) is 11.5. The summed E-state index contributed by atoms with van der Waals surface area (Å²) in [6.45, 7) is 1.84. The molecule has 0 aliphatic rings. The van der Waals surface area contributed by atoms with E-state index in [1.807, 2.05) is 0 Å². The fraction of sp³-hybridized carbons (Fsp3) is 0.167. The van der Waals surface area contributed by atoms with E-state index >= 15 is 0 Å². The summed E-state index contributed by atoms with van der Waals surface area (Å²) in [7, 11) is 1.50. The minimum atomic E-state index is -0.382. The number of carbonyl (C=O) groups is 1. The van der Waals surface area contributed by atoms with E-state index in [4.69, 9.17) is 4.74 Å². The Labute approximate surface area is 141 Å². The molecule has 0 fully saturated rings. The summed E-state index contributed by atoms with van der Waals surface area (Å²) in [5.74, 6) is -1.11. The molecule has 0 unspecified atom stereocenters. The zero-order valence-corrected chi connectivity index (χ0v) is 14.0. The number of hydrogen-bond donors (Lipinski definition) is 1. The molecule has 124 valence electrons. The van der Waals surface area contributed by atoms with Crippen molar-refractivity contribution in [2.75, 3.05) is 12.4 Å². The molecule has 2 aromatic carbocycles. The minimum Gasteiger partial charge on any atom is -0.380 e. The Morgan fingerprint density at radius 3 is 2.75 bits per heavy atom. The molecule has 1 N–H and O–H groups in total. The Morgan fingerprint density at radius 2 is 2.04 bits per heavy atom. The zero-order chi connectivity index (χ0) is 17.3. The quantitative estimate of drug-likeness (QED) is 0.730. The van der Waals surface area contributed by atoms with Gasteiger partial charge in [-0.1, -0.05) is 6.07 Å². The predicted octanol–water partition coefficient (Wildman–Crippen LogP) is 4.89. The highest BCUT2D eigenvalue weighted by molar-refractivity contribution is 7.21. The number of fused-ring (bicyclic) bond motifs is 1. The van der Waals surface area contributed by atoms with Gasteiger partial charge in [-0.05, 0) is 42.8 Å². The molecule has 0 bridgehead atoms. The molecular formula is C18H15F2NO2S. The molecule has 24 heavy (non-hydrogen) atoms. The molecule has 6 heteroatoms. The van der Waals surface area contributed by atoms with Crippen LogP contribution in [-0.4, -0.2) is 13.0 Å². The van der Waals surface area contributed by atoms with Crippen LogP contribution in [0.15, 0.2) is 36.4 Å². The SMILES string of the molecule is COCc1c(C(=O)Nc2ccc(F)cc2C)sc2cccc(F)c12. The molecule has 1 amide bonds. The van der Waals surface area contributed by atoms with Crippen LogP contribution in [0.2, 0.25) is 0 Å². The number of methoxy groups -OCH3 is 1. The lowest BCUT2D eigenvalue weighted by molar-refractivity contribution is 0.102. The number of anilines is 1. The first kappa shape index (κ1) is 16.5. The normalized spacial score (nSPS) is 11.0. The first-order valence-electron chi connectivity index (χ1n) is 7.27. The van der Waals surface area contributed by atoms with Gasteiger partial charge in [0.2, 0.25) is 0 Å². The maximum Gasteiger partial charge on any atom is 0.266 e. The van der Waals surface area contributed by atoms with Crippen molar-refractivity contribution < 1.29 is 18.3 Å². The van der Waals surface area contributed by atoms with Gasteiger partial charge in [0.15, 0.2) is 0 Å². The highest BCUT2D eigenvalue weighted by atomic mass is 32.1. The lowest BCUT2D eigenvalue weighted by atomic mass is 10.1. The van der Waals surface area contributed by atoms with E-state index in [1.54, 1.807) is 19.1 Å². The number of thiophene rings is 1. The van der Waals surface area contributed by atoms with E-state index in [0.717, 1.165) is 0 Å². The summed E-state index contributed by atoms with van der Waals surface area (Å²) in [4.78, 5) is 13.0. The molecule has 0 aliphatic carbocycles. The molecular weight excluding hydrogens is 332 g/mol. The largest absolute Gasteiger partial charge is 0.380 e. The number of nitrogens with one attached hydrogen (secondary N) is 1. The second-order valence-electron chi connectivity index (χ2n) is 5.37. The lowest BCUT2D eigenvalue weighted by Gasteiger charge is -2.09. The van der Waals surface area contributed by atoms with E-state index in [9.17, 15) is 13.6 Å². The van der Waals surface area contributed by atoms with Gasteiger partial charge in [-0.2, -0.15) is 0 Å². The molecule has 0 saturated heterocycles. The molecule has 1 aromatic heterocycles. The molecule has 0 spiro atoms. The van der Waals surface area contributed by atoms with E-state index in [1.165, 1.54) is 42.7 Å². The van der Waals surface area contributed by atoms with E-state index in [2.05, 4.69) is 5.32 Å². The zero-order valence-electron chi connectivity index (χ0n) is 13.2. The third-order valence-corrected chi connectivity index (χ3v) is 4.89. The van der Waals surface area contributed by atoms with Crippen LogP contribution in [0.5, 0.6) is 0 Å². The van der Waals surface area contributed by atoms with Crippen LogP contribution < -0.4 is 5.32 Å². The number of amides is 1. The van der Waals surface area contributed by atoms with Crippen LogP contribution in [0.4, 0.5) is 14.5 Å². The third kappa shape index (κ3) is 3.02. The van der Waals surface area contributed by atoms with E-state index in [0.29, 0.717) is 31.8 Å². The molecule has 3 rings (SSSR count). The Morgan fingerprint density at radius 1 is 1.25 bits per heavy atom. The van der Waals surface area contributed by atoms with Gasteiger partial charge in [-0.25, -0.2) is 8.78 Å². The van der Waals surface area contributed by atoms with Gasteiger partial charge in [0.25, 0.3) is 5.91 Å². The standard InChI is InChI=1S/C18H15F2NO2S/c1-10-8-11(19)6-7-14(10)21-18(22)17-12(9-23-2)16-13(20)4-3-5-15(16)24-17/h3-8H,9H2,1-2H3,(H,21,22). The average Bonchev–Trinajstić information content (AvgIpc) is 2.91. The first-order valence-corrected chi connectivity index (χ1v) is 8.09. The van der Waals surface area contributed by atoms with Gasteiger partial charge >= 0.3 is 0 Å². The lowest BCUT2D eigenvalue weighted by Crippen LogP contribution is -2.13. The van der Waals surface area contributed by atoms with Crippen molar-refractivity contribution in [2.24, 2.45) is 0 Å². The smallest absolute Gasteiger partial charge is 0.266 e. The van der Waals surface area contributed by atoms with Crippen LogP contribution >= 0.6 is 11.3 Å². The molecule has 0 atom stereocenters. The van der Waals surface area contributed by atoms with Gasteiger partial charge in [0, 0.05) is 28.4 Å². The van der Waals surface area contributed by atoms with Crippen LogP contribution in [0.3, 0.4) is 0 Å². The minimum absolute atomic E-state index is 0.131. The number of rotatable bonds is 4. The summed E-state index contributed by atoms with van der Waals surface area (Å²) in [6.07, 6.45) is 0. The molecule has 0 aliphatic heterocycles. The topological polar surface area (TPSA) is 38.3 Å². The third-order valence-electron chi connectivity index (χ3n) is 3.69. The highest BCUT2D eigenvalue weighted by Crippen LogP contribution is 2.34. The van der Waals surface area contributed by atoms with Crippen molar-refractivity contribution in [2.45, 2.75) is 13.5 Å². The summed E-state index contributed by atoms with van der Waals surface area (Å²) in [6, 6.07) is 8.87. The van der Waals surface area contributed by atoms with Crippen molar-refractivity contribution in [1.82, 2.24) is 0 Å². The summed E-state index contributed by atoms with van der Waals surface area (Å²) < 4.78 is 33.2. The van der Waals surface area contributed by atoms with Crippen molar-refractivity contribution in [1.29, 1.82) is 0 Å². The number of halogens is 2. The maximum atomic E-state index is 14.2. The molecule has 0 saturated carbocycles. The predicted molar refractivity (Wildman–Crippen MR) is 91.6 cm³/mol. The number of hydrogen-bond acceptors (Lipinski definition) is 3.